The average molecular weight is 465 g/mol. The Balaban J connectivity index is 0.000000845. The molecule has 0 N–H and O–H groups in total. The Morgan fingerprint density at radius 2 is 1.43 bits per heavy atom. The summed E-state index contributed by atoms with van der Waals surface area (Å²) >= 11 is 0. The van der Waals surface area contributed by atoms with Gasteiger partial charge in [0.1, 0.15) is 0 Å². The van der Waals surface area contributed by atoms with Crippen LogP contribution in [0.1, 0.15) is 0 Å². The minimum Gasteiger partial charge on any atom is -0.256 e. The second-order valence-electron chi connectivity index (χ2n) is 2.58. The Bertz CT molecular complexity index is 313. The molecule has 0 aliphatic rings. The van der Waals surface area contributed by atoms with Gasteiger partial charge in [-0.25, -0.2) is 0 Å². The number of hydrogen-bond donors (Lipinski definition) is 0. The van der Waals surface area contributed by atoms with Crippen LogP contribution in [0, 0.1) is 0 Å². The van der Waals surface area contributed by atoms with E-state index in [1.54, 1.807) is 0 Å². The maximum atomic E-state index is 4.25. The van der Waals surface area contributed by atoms with Crippen LogP contribution >= 0.6 is 0 Å². The van der Waals surface area contributed by atoms with Crippen LogP contribution in [0.25, 0.3) is 11.3 Å². The molecule has 0 saturated heterocycles. The van der Waals surface area contributed by atoms with Crippen molar-refractivity contribution in [2.75, 3.05) is 0 Å². The van der Waals surface area contributed by atoms with Gasteiger partial charge < -0.3 is 0 Å². The second kappa shape index (κ2) is 7.21. The maximum absolute atomic E-state index is 4.25. The summed E-state index contributed by atoms with van der Waals surface area (Å²) in [6, 6.07) is 16.1. The molecule has 1 aromatic heterocycles. The molecule has 2 rings (SSSR count). The zero-order chi connectivity index (χ0) is 8.23. The molecule has 14 heavy (non-hydrogen) atoms. The maximum Gasteiger partial charge on any atom is 3.00 e. The molecule has 0 amide bonds. The fraction of sp³-hybridized carbons (Fsp3) is 0. The molecule has 0 aliphatic carbocycles. The van der Waals surface area contributed by atoms with Crippen LogP contribution in [-0.2, 0) is 19.5 Å². The van der Waals surface area contributed by atoms with Gasteiger partial charge >= 0.3 is 45.7 Å². The number of aromatic nitrogens is 1. The molecule has 3 radical (unpaired) electrons. The largest absolute Gasteiger partial charge is 3.00 e. The van der Waals surface area contributed by atoms with Gasteiger partial charge in [0.05, 0.1) is 5.69 Å². The Morgan fingerprint density at radius 1 is 0.786 bits per heavy atom. The molecule has 0 atom stereocenters. The topological polar surface area (TPSA) is 12.9 Å². The molecule has 1 aromatic carbocycles. The van der Waals surface area contributed by atoms with Gasteiger partial charge in [-0.3, -0.25) is 4.98 Å². The number of rotatable bonds is 1. The first kappa shape index (κ1) is 13.9. The van der Waals surface area contributed by atoms with E-state index in [1.165, 1.54) is 0 Å². The van der Waals surface area contributed by atoms with Crippen LogP contribution in [0.2, 0.25) is 0 Å². The molecular weight excluding hydrogens is 456 g/mol. The van der Waals surface area contributed by atoms with Crippen LogP contribution in [-0.4, -0.2) is 31.2 Å². The summed E-state index contributed by atoms with van der Waals surface area (Å²) in [5.74, 6) is 0. The number of pyridine rings is 1. The van der Waals surface area contributed by atoms with E-state index >= 15 is 0 Å². The predicted octanol–water partition coefficient (Wildman–Crippen LogP) is 2.37. The molecule has 0 spiro atoms. The summed E-state index contributed by atoms with van der Waals surface area (Å²) in [5, 5.41) is 0. The van der Waals surface area contributed by atoms with E-state index in [1.807, 2.05) is 42.6 Å². The molecule has 1 nitrogen and oxygen atoms in total. The monoisotopic (exact) mass is 466 g/mol. The van der Waals surface area contributed by atoms with Crippen molar-refractivity contribution >= 4 is 26.2 Å². The molecule has 1 heterocycles. The Hall–Kier alpha value is -0.124. The molecule has 0 saturated carbocycles. The van der Waals surface area contributed by atoms with E-state index in [0.29, 0.717) is 0 Å². The van der Waals surface area contributed by atoms with Crippen molar-refractivity contribution in [2.24, 2.45) is 0 Å². The summed E-state index contributed by atoms with van der Waals surface area (Å²) in [4.78, 5) is 4.25. The number of nitrogens with zero attached hydrogens (tertiary/aromatic N) is 1. The Kier molecular flexibility index (Phi) is 7.14. The summed E-state index contributed by atoms with van der Waals surface area (Å²) in [6.07, 6.45) is 1.81. The van der Waals surface area contributed by atoms with Gasteiger partial charge in [0.15, 0.2) is 0 Å². The van der Waals surface area contributed by atoms with Crippen molar-refractivity contribution in [3.8, 4) is 11.3 Å². The molecule has 0 fully saturated rings. The first-order chi connectivity index (χ1) is 5.97. The van der Waals surface area contributed by atoms with Crippen molar-refractivity contribution < 1.29 is 19.5 Å². The van der Waals surface area contributed by atoms with Gasteiger partial charge in [0.25, 0.3) is 0 Å². The van der Waals surface area contributed by atoms with E-state index in [2.05, 4.69) is 17.1 Å². The minimum absolute atomic E-state index is 0. The summed E-state index contributed by atoms with van der Waals surface area (Å²) in [7, 11) is 0. The van der Waals surface area contributed by atoms with E-state index in [0.717, 1.165) is 11.3 Å². The van der Waals surface area contributed by atoms with E-state index in [9.17, 15) is 0 Å². The van der Waals surface area contributed by atoms with Crippen LogP contribution in [0.4, 0.5) is 0 Å². The molecule has 2 aromatic rings. The Labute approximate surface area is 116 Å². The van der Waals surface area contributed by atoms with Gasteiger partial charge in [-0.15, -0.1) is 0 Å². The smallest absolute Gasteiger partial charge is 0.256 e. The predicted molar refractivity (Wildman–Crippen MR) is 55.4 cm³/mol. The van der Waals surface area contributed by atoms with Crippen molar-refractivity contribution in [3.63, 3.8) is 0 Å². The van der Waals surface area contributed by atoms with Crippen molar-refractivity contribution in [1.29, 1.82) is 0 Å². The van der Waals surface area contributed by atoms with Crippen LogP contribution in [0.3, 0.4) is 0 Å². The SMILES string of the molecule is [Bi+3].[Ru+3].c1ccc(-c2ccccn2)cc1. The third kappa shape index (κ3) is 3.56. The van der Waals surface area contributed by atoms with E-state index in [4.69, 9.17) is 0 Å². The summed E-state index contributed by atoms with van der Waals surface area (Å²) in [5.41, 5.74) is 2.19. The van der Waals surface area contributed by atoms with Crippen molar-refractivity contribution in [3.05, 3.63) is 54.7 Å². The van der Waals surface area contributed by atoms with Gasteiger partial charge in [-0.2, -0.15) is 0 Å². The van der Waals surface area contributed by atoms with Gasteiger partial charge in [-0.1, -0.05) is 36.4 Å². The third-order valence-electron chi connectivity index (χ3n) is 1.73. The zero-order valence-electron chi connectivity index (χ0n) is 7.44. The molecular formula is C11H9BiNRu+6. The van der Waals surface area contributed by atoms with Crippen molar-refractivity contribution in [2.45, 2.75) is 0 Å². The number of hydrogen-bond acceptors (Lipinski definition) is 1. The molecule has 65 valence electrons. The summed E-state index contributed by atoms with van der Waals surface area (Å²) in [6.45, 7) is 0. The van der Waals surface area contributed by atoms with Crippen LogP contribution < -0.4 is 0 Å². The zero-order valence-corrected chi connectivity index (χ0v) is 12.7. The van der Waals surface area contributed by atoms with Crippen LogP contribution in [0.5, 0.6) is 0 Å². The first-order valence-corrected chi connectivity index (χ1v) is 3.93. The fourth-order valence-corrected chi connectivity index (χ4v) is 1.14. The quantitative estimate of drug-likeness (QED) is 0.590. The normalized spacial score (nSPS) is 8.29. The van der Waals surface area contributed by atoms with Crippen LogP contribution in [0.15, 0.2) is 54.7 Å². The molecule has 0 unspecified atom stereocenters. The molecule has 0 bridgehead atoms. The Morgan fingerprint density at radius 3 is 2.00 bits per heavy atom. The first-order valence-electron chi connectivity index (χ1n) is 3.93. The minimum atomic E-state index is 0. The second-order valence-corrected chi connectivity index (χ2v) is 2.58. The van der Waals surface area contributed by atoms with Gasteiger partial charge in [0.2, 0.25) is 0 Å². The van der Waals surface area contributed by atoms with Crippen molar-refractivity contribution in [1.82, 2.24) is 4.98 Å². The third-order valence-corrected chi connectivity index (χ3v) is 1.73. The van der Waals surface area contributed by atoms with Gasteiger partial charge in [-0.05, 0) is 12.1 Å². The summed E-state index contributed by atoms with van der Waals surface area (Å²) < 4.78 is 0. The number of benzene rings is 1. The van der Waals surface area contributed by atoms with E-state index in [-0.39, 0.29) is 45.7 Å². The standard InChI is InChI=1S/C11H9N.Bi.Ru/c1-2-6-10(7-3-1)11-8-4-5-9-12-11;;/h1-9H;;/q;2*+3. The molecule has 0 aliphatic heterocycles. The van der Waals surface area contributed by atoms with Gasteiger partial charge in [0, 0.05) is 11.8 Å². The fourth-order valence-electron chi connectivity index (χ4n) is 1.14. The van der Waals surface area contributed by atoms with E-state index < -0.39 is 0 Å². The average Bonchev–Trinajstić information content (AvgIpc) is 2.21. The molecule has 3 heteroatoms.